The predicted octanol–water partition coefficient (Wildman–Crippen LogP) is 3.57. The largest absolute Gasteiger partial charge is 0.368 e. The molecule has 1 saturated heterocycles. The quantitative estimate of drug-likeness (QED) is 0.852. The molecule has 0 spiro atoms. The van der Waals surface area contributed by atoms with Crippen LogP contribution in [0.25, 0.3) is 0 Å². The Morgan fingerprint density at radius 2 is 1.86 bits per heavy atom. The van der Waals surface area contributed by atoms with E-state index in [0.717, 1.165) is 43.3 Å². The van der Waals surface area contributed by atoms with Gasteiger partial charge in [0.2, 0.25) is 5.91 Å². The highest BCUT2D eigenvalue weighted by atomic mass is 35.5. The normalized spacial score (nSPS) is 20.0. The Bertz CT molecular complexity index is 491. The molecule has 1 amide bonds. The van der Waals surface area contributed by atoms with Crippen LogP contribution in [-0.2, 0) is 4.79 Å². The van der Waals surface area contributed by atoms with Gasteiger partial charge < -0.3 is 9.80 Å². The standard InChI is InChI=1S/C17H23ClN2O/c18-15-6-3-7-16(13-15)19-8-10-20(11-9-19)17(21)12-14-4-1-2-5-14/h3,6-7,13-14H,1-2,4-5,8-12H2. The first-order valence-corrected chi connectivity index (χ1v) is 8.38. The Hall–Kier alpha value is -1.22. The lowest BCUT2D eigenvalue weighted by molar-refractivity contribution is -0.132. The number of halogens is 1. The molecule has 1 aliphatic heterocycles. The average molecular weight is 307 g/mol. The number of hydrogen-bond donors (Lipinski definition) is 0. The maximum absolute atomic E-state index is 12.3. The molecule has 1 aromatic carbocycles. The Labute approximate surface area is 131 Å². The van der Waals surface area contributed by atoms with E-state index >= 15 is 0 Å². The van der Waals surface area contributed by atoms with Gasteiger partial charge in [0.25, 0.3) is 0 Å². The second-order valence-corrected chi connectivity index (χ2v) is 6.64. The smallest absolute Gasteiger partial charge is 0.222 e. The molecule has 0 bridgehead atoms. The summed E-state index contributed by atoms with van der Waals surface area (Å²) in [4.78, 5) is 16.7. The molecular formula is C17H23ClN2O. The third-order valence-corrected chi connectivity index (χ3v) is 4.98. The molecule has 4 heteroatoms. The molecular weight excluding hydrogens is 284 g/mol. The minimum absolute atomic E-state index is 0.354. The molecule has 0 unspecified atom stereocenters. The molecule has 0 aromatic heterocycles. The molecule has 1 saturated carbocycles. The monoisotopic (exact) mass is 306 g/mol. The van der Waals surface area contributed by atoms with Gasteiger partial charge in [0, 0.05) is 43.3 Å². The summed E-state index contributed by atoms with van der Waals surface area (Å²) >= 11 is 6.05. The zero-order valence-corrected chi connectivity index (χ0v) is 13.2. The van der Waals surface area contributed by atoms with Gasteiger partial charge in [-0.05, 0) is 37.0 Å². The lowest BCUT2D eigenvalue weighted by atomic mass is 10.0. The minimum Gasteiger partial charge on any atom is -0.368 e. The number of piperazine rings is 1. The SMILES string of the molecule is O=C(CC1CCCC1)N1CCN(c2cccc(Cl)c2)CC1. The van der Waals surface area contributed by atoms with Gasteiger partial charge in [0.15, 0.2) is 0 Å². The maximum atomic E-state index is 12.3. The highest BCUT2D eigenvalue weighted by Crippen LogP contribution is 2.28. The Morgan fingerprint density at radius 3 is 2.52 bits per heavy atom. The highest BCUT2D eigenvalue weighted by Gasteiger charge is 2.25. The van der Waals surface area contributed by atoms with Gasteiger partial charge in [-0.25, -0.2) is 0 Å². The van der Waals surface area contributed by atoms with Crippen molar-refractivity contribution in [3.05, 3.63) is 29.3 Å². The first-order chi connectivity index (χ1) is 10.2. The van der Waals surface area contributed by atoms with E-state index in [1.165, 1.54) is 25.7 Å². The fourth-order valence-electron chi connectivity index (χ4n) is 3.48. The van der Waals surface area contributed by atoms with Crippen LogP contribution in [0.15, 0.2) is 24.3 Å². The Balaban J connectivity index is 1.51. The molecule has 0 N–H and O–H groups in total. The predicted molar refractivity (Wildman–Crippen MR) is 86.8 cm³/mol. The number of nitrogens with zero attached hydrogens (tertiary/aromatic N) is 2. The number of rotatable bonds is 3. The average Bonchev–Trinajstić information content (AvgIpc) is 3.00. The number of anilines is 1. The molecule has 3 nitrogen and oxygen atoms in total. The molecule has 1 heterocycles. The van der Waals surface area contributed by atoms with Crippen LogP contribution < -0.4 is 4.90 Å². The third-order valence-electron chi connectivity index (χ3n) is 4.74. The molecule has 21 heavy (non-hydrogen) atoms. The summed E-state index contributed by atoms with van der Waals surface area (Å²) in [6, 6.07) is 7.96. The van der Waals surface area contributed by atoms with Crippen molar-refractivity contribution in [2.75, 3.05) is 31.1 Å². The Kier molecular flexibility index (Phi) is 4.69. The molecule has 1 aromatic rings. The van der Waals surface area contributed by atoms with Crippen molar-refractivity contribution < 1.29 is 4.79 Å². The van der Waals surface area contributed by atoms with Crippen molar-refractivity contribution in [3.63, 3.8) is 0 Å². The van der Waals surface area contributed by atoms with Crippen LogP contribution >= 0.6 is 11.6 Å². The van der Waals surface area contributed by atoms with E-state index in [2.05, 4.69) is 11.0 Å². The lowest BCUT2D eigenvalue weighted by Crippen LogP contribution is -2.49. The first-order valence-electron chi connectivity index (χ1n) is 8.00. The first kappa shape index (κ1) is 14.7. The van der Waals surface area contributed by atoms with E-state index in [4.69, 9.17) is 11.6 Å². The van der Waals surface area contributed by atoms with Crippen molar-refractivity contribution >= 4 is 23.2 Å². The van der Waals surface area contributed by atoms with E-state index in [9.17, 15) is 4.79 Å². The fraction of sp³-hybridized carbons (Fsp3) is 0.588. The van der Waals surface area contributed by atoms with Crippen molar-refractivity contribution in [2.24, 2.45) is 5.92 Å². The number of hydrogen-bond acceptors (Lipinski definition) is 2. The van der Waals surface area contributed by atoms with Crippen molar-refractivity contribution in [3.8, 4) is 0 Å². The maximum Gasteiger partial charge on any atom is 0.222 e. The van der Waals surface area contributed by atoms with Gasteiger partial charge in [0.1, 0.15) is 0 Å². The number of benzene rings is 1. The second-order valence-electron chi connectivity index (χ2n) is 6.20. The third kappa shape index (κ3) is 3.70. The topological polar surface area (TPSA) is 23.6 Å². The summed E-state index contributed by atoms with van der Waals surface area (Å²) in [5.41, 5.74) is 1.16. The summed E-state index contributed by atoms with van der Waals surface area (Å²) < 4.78 is 0. The number of amides is 1. The van der Waals surface area contributed by atoms with Crippen LogP contribution in [0.2, 0.25) is 5.02 Å². The van der Waals surface area contributed by atoms with Crippen LogP contribution in [-0.4, -0.2) is 37.0 Å². The second kappa shape index (κ2) is 6.69. The summed E-state index contributed by atoms with van der Waals surface area (Å²) in [5.74, 6) is 0.996. The Morgan fingerprint density at radius 1 is 1.14 bits per heavy atom. The van der Waals surface area contributed by atoms with Gasteiger partial charge in [-0.1, -0.05) is 30.5 Å². The molecule has 2 aliphatic rings. The van der Waals surface area contributed by atoms with Crippen molar-refractivity contribution in [1.82, 2.24) is 4.90 Å². The van der Waals surface area contributed by atoms with Crippen LogP contribution in [0.1, 0.15) is 32.1 Å². The van der Waals surface area contributed by atoms with Crippen LogP contribution in [0, 0.1) is 5.92 Å². The van der Waals surface area contributed by atoms with Crippen molar-refractivity contribution in [1.29, 1.82) is 0 Å². The molecule has 0 radical (unpaired) electrons. The van der Waals surface area contributed by atoms with Gasteiger partial charge in [-0.15, -0.1) is 0 Å². The summed E-state index contributed by atoms with van der Waals surface area (Å²) in [5, 5.41) is 0.771. The van der Waals surface area contributed by atoms with Gasteiger partial charge in [0.05, 0.1) is 0 Å². The zero-order valence-electron chi connectivity index (χ0n) is 12.4. The molecule has 2 fully saturated rings. The van der Waals surface area contributed by atoms with E-state index in [1.54, 1.807) is 0 Å². The number of carbonyl (C=O) groups is 1. The van der Waals surface area contributed by atoms with Crippen molar-refractivity contribution in [2.45, 2.75) is 32.1 Å². The summed E-state index contributed by atoms with van der Waals surface area (Å²) in [6.07, 6.45) is 5.86. The minimum atomic E-state index is 0.354. The van der Waals surface area contributed by atoms with E-state index in [0.29, 0.717) is 11.8 Å². The molecule has 0 atom stereocenters. The summed E-state index contributed by atoms with van der Waals surface area (Å²) in [6.45, 7) is 3.46. The molecule has 114 valence electrons. The van der Waals surface area contributed by atoms with Gasteiger partial charge in [-0.2, -0.15) is 0 Å². The molecule has 3 rings (SSSR count). The summed E-state index contributed by atoms with van der Waals surface area (Å²) in [7, 11) is 0. The van der Waals surface area contributed by atoms with Crippen LogP contribution in [0.3, 0.4) is 0 Å². The number of carbonyl (C=O) groups excluding carboxylic acids is 1. The zero-order chi connectivity index (χ0) is 14.7. The molecule has 1 aliphatic carbocycles. The van der Waals surface area contributed by atoms with Crippen LogP contribution in [0.5, 0.6) is 0 Å². The van der Waals surface area contributed by atoms with Crippen LogP contribution in [0.4, 0.5) is 5.69 Å². The lowest BCUT2D eigenvalue weighted by Gasteiger charge is -2.36. The van der Waals surface area contributed by atoms with Gasteiger partial charge in [-0.3, -0.25) is 4.79 Å². The van der Waals surface area contributed by atoms with E-state index in [1.807, 2.05) is 23.1 Å². The van der Waals surface area contributed by atoms with E-state index < -0.39 is 0 Å². The van der Waals surface area contributed by atoms with Gasteiger partial charge >= 0.3 is 0 Å². The fourth-order valence-corrected chi connectivity index (χ4v) is 3.66. The highest BCUT2D eigenvalue weighted by molar-refractivity contribution is 6.30. The van der Waals surface area contributed by atoms with E-state index in [-0.39, 0.29) is 0 Å².